The van der Waals surface area contributed by atoms with E-state index in [-0.39, 0.29) is 0 Å². The van der Waals surface area contributed by atoms with Gasteiger partial charge in [-0.25, -0.2) is 0 Å². The predicted molar refractivity (Wildman–Crippen MR) is 72.2 cm³/mol. The summed E-state index contributed by atoms with van der Waals surface area (Å²) in [5, 5.41) is 4.23. The minimum Gasteiger partial charge on any atom is -0.313 e. The van der Waals surface area contributed by atoms with Gasteiger partial charge >= 0.3 is 0 Å². The molecule has 90 valence electrons. The highest BCUT2D eigenvalue weighted by atomic mass is 35.5. The molecule has 1 rings (SSSR count). The fourth-order valence-electron chi connectivity index (χ4n) is 1.94. The van der Waals surface area contributed by atoms with Crippen LogP contribution in [0.5, 0.6) is 0 Å². The number of hydrogen-bond donors (Lipinski definition) is 1. The van der Waals surface area contributed by atoms with E-state index < -0.39 is 0 Å². The second-order valence-corrected chi connectivity index (χ2v) is 5.34. The molecule has 1 aromatic carbocycles. The Morgan fingerprint density at radius 3 is 2.25 bits per heavy atom. The third kappa shape index (κ3) is 3.23. The van der Waals surface area contributed by atoms with Gasteiger partial charge in [0.15, 0.2) is 0 Å². The van der Waals surface area contributed by atoms with E-state index in [4.69, 9.17) is 11.6 Å². The molecular weight excluding hydrogens is 218 g/mol. The number of benzene rings is 1. The van der Waals surface area contributed by atoms with Gasteiger partial charge in [0.1, 0.15) is 0 Å². The molecule has 0 heterocycles. The van der Waals surface area contributed by atoms with E-state index in [2.05, 4.69) is 45.1 Å². The molecule has 1 nitrogen and oxygen atoms in total. The highest BCUT2D eigenvalue weighted by Gasteiger charge is 2.15. The highest BCUT2D eigenvalue weighted by molar-refractivity contribution is 6.31. The number of rotatable bonds is 4. The molecule has 0 radical (unpaired) electrons. The molecule has 1 unspecified atom stereocenters. The van der Waals surface area contributed by atoms with Crippen LogP contribution in [0.15, 0.2) is 12.1 Å². The second-order valence-electron chi connectivity index (χ2n) is 4.93. The summed E-state index contributed by atoms with van der Waals surface area (Å²) in [6, 6.07) is 4.63. The van der Waals surface area contributed by atoms with Gasteiger partial charge in [-0.05, 0) is 56.0 Å². The molecule has 0 fully saturated rings. The van der Waals surface area contributed by atoms with E-state index in [1.807, 2.05) is 7.05 Å². The lowest BCUT2D eigenvalue weighted by atomic mass is 9.94. The largest absolute Gasteiger partial charge is 0.313 e. The summed E-state index contributed by atoms with van der Waals surface area (Å²) in [4.78, 5) is 0. The van der Waals surface area contributed by atoms with Gasteiger partial charge in [0.25, 0.3) is 0 Å². The van der Waals surface area contributed by atoms with Crippen LogP contribution in [0.3, 0.4) is 0 Å². The summed E-state index contributed by atoms with van der Waals surface area (Å²) in [7, 11) is 2.00. The van der Waals surface area contributed by atoms with Crippen molar-refractivity contribution >= 4 is 11.6 Å². The molecule has 0 aliphatic heterocycles. The summed E-state index contributed by atoms with van der Waals surface area (Å²) in [5.41, 5.74) is 3.79. The Bertz CT molecular complexity index is 358. The third-order valence-electron chi connectivity index (χ3n) is 3.04. The van der Waals surface area contributed by atoms with Crippen molar-refractivity contribution < 1.29 is 0 Å². The van der Waals surface area contributed by atoms with Crippen molar-refractivity contribution in [3.8, 4) is 0 Å². The SMILES string of the molecule is CNC(CC(C)C)c1cc(C)c(C)cc1Cl. The van der Waals surface area contributed by atoms with Crippen molar-refractivity contribution in [3.05, 3.63) is 33.8 Å². The van der Waals surface area contributed by atoms with E-state index in [0.717, 1.165) is 11.4 Å². The molecular formula is C14H22ClN. The van der Waals surface area contributed by atoms with Gasteiger partial charge in [-0.2, -0.15) is 0 Å². The van der Waals surface area contributed by atoms with Crippen LogP contribution in [0.4, 0.5) is 0 Å². The molecule has 0 saturated heterocycles. The molecule has 2 heteroatoms. The summed E-state index contributed by atoms with van der Waals surface area (Å²) < 4.78 is 0. The zero-order valence-corrected chi connectivity index (χ0v) is 11.7. The summed E-state index contributed by atoms with van der Waals surface area (Å²) in [6.07, 6.45) is 1.11. The highest BCUT2D eigenvalue weighted by Crippen LogP contribution is 2.29. The number of nitrogens with one attached hydrogen (secondary N) is 1. The quantitative estimate of drug-likeness (QED) is 0.828. The van der Waals surface area contributed by atoms with Gasteiger partial charge in [0.05, 0.1) is 0 Å². The molecule has 0 aliphatic rings. The van der Waals surface area contributed by atoms with Gasteiger partial charge in [-0.3, -0.25) is 0 Å². The first kappa shape index (κ1) is 13.5. The van der Waals surface area contributed by atoms with Crippen molar-refractivity contribution in [1.82, 2.24) is 5.32 Å². The number of aryl methyl sites for hydroxylation is 2. The first-order valence-corrected chi connectivity index (χ1v) is 6.27. The standard InChI is InChI=1S/C14H22ClN/c1-9(2)6-14(16-5)12-7-10(3)11(4)8-13(12)15/h7-9,14,16H,6H2,1-5H3. The number of hydrogen-bond acceptors (Lipinski definition) is 1. The Morgan fingerprint density at radius 1 is 1.19 bits per heavy atom. The zero-order chi connectivity index (χ0) is 12.3. The van der Waals surface area contributed by atoms with Crippen LogP contribution < -0.4 is 5.32 Å². The first-order chi connectivity index (χ1) is 7.45. The lowest BCUT2D eigenvalue weighted by molar-refractivity contribution is 0.456. The van der Waals surface area contributed by atoms with E-state index in [1.54, 1.807) is 0 Å². The Hall–Kier alpha value is -0.530. The third-order valence-corrected chi connectivity index (χ3v) is 3.37. The average Bonchev–Trinajstić information content (AvgIpc) is 2.20. The van der Waals surface area contributed by atoms with E-state index in [1.165, 1.54) is 16.7 Å². The Labute approximate surface area is 104 Å². The fraction of sp³-hybridized carbons (Fsp3) is 0.571. The second kappa shape index (κ2) is 5.70. The van der Waals surface area contributed by atoms with Crippen molar-refractivity contribution in [2.45, 2.75) is 40.2 Å². The van der Waals surface area contributed by atoms with Crippen LogP contribution in [0.1, 0.15) is 43.0 Å². The maximum Gasteiger partial charge on any atom is 0.0456 e. The minimum atomic E-state index is 0.354. The smallest absolute Gasteiger partial charge is 0.0456 e. The number of halogens is 1. The normalized spacial score (nSPS) is 13.2. The minimum absolute atomic E-state index is 0.354. The Morgan fingerprint density at radius 2 is 1.75 bits per heavy atom. The van der Waals surface area contributed by atoms with Gasteiger partial charge in [0.2, 0.25) is 0 Å². The topological polar surface area (TPSA) is 12.0 Å². The van der Waals surface area contributed by atoms with Crippen LogP contribution in [0.25, 0.3) is 0 Å². The molecule has 0 aromatic heterocycles. The van der Waals surface area contributed by atoms with Gasteiger partial charge in [0, 0.05) is 11.1 Å². The van der Waals surface area contributed by atoms with Crippen molar-refractivity contribution in [2.24, 2.45) is 5.92 Å². The molecule has 0 saturated carbocycles. The Balaban J connectivity index is 3.05. The molecule has 0 amide bonds. The van der Waals surface area contributed by atoms with Crippen molar-refractivity contribution in [2.75, 3.05) is 7.05 Å². The molecule has 0 spiro atoms. The maximum absolute atomic E-state index is 6.32. The average molecular weight is 240 g/mol. The molecule has 0 bridgehead atoms. The zero-order valence-electron chi connectivity index (χ0n) is 10.9. The lowest BCUT2D eigenvalue weighted by Gasteiger charge is -2.21. The van der Waals surface area contributed by atoms with Crippen molar-refractivity contribution in [3.63, 3.8) is 0 Å². The van der Waals surface area contributed by atoms with Gasteiger partial charge in [-0.15, -0.1) is 0 Å². The van der Waals surface area contributed by atoms with Crippen molar-refractivity contribution in [1.29, 1.82) is 0 Å². The van der Waals surface area contributed by atoms with E-state index in [0.29, 0.717) is 12.0 Å². The lowest BCUT2D eigenvalue weighted by Crippen LogP contribution is -2.19. The van der Waals surface area contributed by atoms with Gasteiger partial charge < -0.3 is 5.32 Å². The van der Waals surface area contributed by atoms with Crippen LogP contribution in [-0.2, 0) is 0 Å². The summed E-state index contributed by atoms with van der Waals surface area (Å²) in [5.74, 6) is 0.662. The first-order valence-electron chi connectivity index (χ1n) is 5.89. The summed E-state index contributed by atoms with van der Waals surface area (Å²) in [6.45, 7) is 8.71. The predicted octanol–water partition coefficient (Wildman–Crippen LogP) is 4.26. The van der Waals surface area contributed by atoms with Crippen LogP contribution >= 0.6 is 11.6 Å². The molecule has 1 N–H and O–H groups in total. The molecule has 0 aliphatic carbocycles. The monoisotopic (exact) mass is 239 g/mol. The summed E-state index contributed by atoms with van der Waals surface area (Å²) >= 11 is 6.32. The van der Waals surface area contributed by atoms with Crippen LogP contribution in [-0.4, -0.2) is 7.05 Å². The molecule has 16 heavy (non-hydrogen) atoms. The molecule has 1 atom stereocenters. The van der Waals surface area contributed by atoms with E-state index >= 15 is 0 Å². The maximum atomic E-state index is 6.32. The fourth-order valence-corrected chi connectivity index (χ4v) is 2.29. The van der Waals surface area contributed by atoms with Crippen LogP contribution in [0.2, 0.25) is 5.02 Å². The van der Waals surface area contributed by atoms with E-state index in [9.17, 15) is 0 Å². The van der Waals surface area contributed by atoms with Crippen LogP contribution in [0, 0.1) is 19.8 Å². The molecule has 1 aromatic rings. The Kier molecular flexibility index (Phi) is 4.82. The van der Waals surface area contributed by atoms with Gasteiger partial charge in [-0.1, -0.05) is 31.5 Å².